The number of nitrogens with one attached hydrogen (secondary N) is 1. The van der Waals surface area contributed by atoms with Crippen molar-refractivity contribution in [2.45, 2.75) is 0 Å². The van der Waals surface area contributed by atoms with Crippen LogP contribution in [0.3, 0.4) is 0 Å². The number of hydrogen-bond acceptors (Lipinski definition) is 4. The van der Waals surface area contributed by atoms with Crippen LogP contribution in [-0.4, -0.2) is 37.1 Å². The summed E-state index contributed by atoms with van der Waals surface area (Å²) >= 11 is 0. The van der Waals surface area contributed by atoms with Crippen molar-refractivity contribution in [1.29, 1.82) is 0 Å². The first-order valence-electron chi connectivity index (χ1n) is 4.29. The molecule has 0 aliphatic heterocycles. The van der Waals surface area contributed by atoms with Crippen molar-refractivity contribution < 1.29 is 0 Å². The molecule has 4 nitrogen and oxygen atoms in total. The van der Waals surface area contributed by atoms with E-state index in [1.165, 1.54) is 0 Å². The van der Waals surface area contributed by atoms with E-state index in [-0.39, 0.29) is 0 Å². The maximum Gasteiger partial charge on any atom is 0.149 e. The van der Waals surface area contributed by atoms with Gasteiger partial charge in [-0.25, -0.2) is 4.98 Å². The molecule has 0 unspecified atom stereocenters. The third-order valence-corrected chi connectivity index (χ3v) is 1.69. The first-order valence-corrected chi connectivity index (χ1v) is 4.29. The van der Waals surface area contributed by atoms with Crippen molar-refractivity contribution in [3.63, 3.8) is 0 Å². The second-order valence-corrected chi connectivity index (χ2v) is 3.17. The number of hydrogen-bond donors (Lipinski definition) is 2. The fourth-order valence-electron chi connectivity index (χ4n) is 0.963. The maximum absolute atomic E-state index is 5.70. The molecule has 0 saturated carbocycles. The van der Waals surface area contributed by atoms with E-state index in [4.69, 9.17) is 5.73 Å². The Labute approximate surface area is 78.8 Å². The molecule has 72 valence electrons. The minimum atomic E-state index is 0.696. The molecule has 4 heteroatoms. The third kappa shape index (κ3) is 3.29. The molecule has 0 aliphatic rings. The monoisotopic (exact) mass is 180 g/mol. The average Bonchev–Trinajstić information content (AvgIpc) is 2.08. The van der Waals surface area contributed by atoms with E-state index >= 15 is 0 Å². The van der Waals surface area contributed by atoms with Crippen molar-refractivity contribution in [2.24, 2.45) is 0 Å². The summed E-state index contributed by atoms with van der Waals surface area (Å²) < 4.78 is 0. The van der Waals surface area contributed by atoms with Gasteiger partial charge < -0.3 is 16.0 Å². The minimum Gasteiger partial charge on any atom is -0.396 e. The van der Waals surface area contributed by atoms with Gasteiger partial charge in [-0.05, 0) is 26.2 Å². The van der Waals surface area contributed by atoms with Gasteiger partial charge in [0.15, 0.2) is 0 Å². The van der Waals surface area contributed by atoms with E-state index in [1.54, 1.807) is 6.20 Å². The van der Waals surface area contributed by atoms with Crippen LogP contribution in [0.5, 0.6) is 0 Å². The zero-order valence-corrected chi connectivity index (χ0v) is 8.12. The van der Waals surface area contributed by atoms with Crippen LogP contribution in [0.25, 0.3) is 0 Å². The summed E-state index contributed by atoms with van der Waals surface area (Å²) in [6.45, 7) is 1.82. The van der Waals surface area contributed by atoms with Gasteiger partial charge in [0.05, 0.1) is 5.69 Å². The standard InChI is InChI=1S/C9H16N4/c1-13(2)7-6-12-9-8(10)4-3-5-11-9/h3-5H,6-7,10H2,1-2H3,(H,11,12). The number of nitrogens with two attached hydrogens (primary N) is 1. The number of likely N-dealkylation sites (N-methyl/N-ethyl adjacent to an activating group) is 1. The van der Waals surface area contributed by atoms with Crippen LogP contribution in [0.2, 0.25) is 0 Å². The van der Waals surface area contributed by atoms with E-state index < -0.39 is 0 Å². The molecule has 3 N–H and O–H groups in total. The Morgan fingerprint density at radius 1 is 1.54 bits per heavy atom. The average molecular weight is 180 g/mol. The molecule has 0 amide bonds. The molecule has 0 spiro atoms. The molecule has 0 radical (unpaired) electrons. The van der Waals surface area contributed by atoms with Gasteiger partial charge in [-0.15, -0.1) is 0 Å². The van der Waals surface area contributed by atoms with Gasteiger partial charge >= 0.3 is 0 Å². The zero-order chi connectivity index (χ0) is 9.68. The summed E-state index contributed by atoms with van der Waals surface area (Å²) in [7, 11) is 4.06. The van der Waals surface area contributed by atoms with E-state index in [0.717, 1.165) is 18.9 Å². The summed E-state index contributed by atoms with van der Waals surface area (Å²) in [4.78, 5) is 6.22. The lowest BCUT2D eigenvalue weighted by Gasteiger charge is -2.11. The molecule has 0 bridgehead atoms. The molecule has 13 heavy (non-hydrogen) atoms. The molecule has 1 heterocycles. The molecule has 0 fully saturated rings. The Hall–Kier alpha value is -1.29. The lowest BCUT2D eigenvalue weighted by atomic mass is 10.4. The number of anilines is 2. The molecule has 0 aliphatic carbocycles. The van der Waals surface area contributed by atoms with Gasteiger partial charge in [-0.1, -0.05) is 0 Å². The topological polar surface area (TPSA) is 54.2 Å². The number of nitrogens with zero attached hydrogens (tertiary/aromatic N) is 2. The predicted molar refractivity (Wildman–Crippen MR) is 55.7 cm³/mol. The van der Waals surface area contributed by atoms with Crippen LogP contribution in [0.15, 0.2) is 18.3 Å². The Morgan fingerprint density at radius 2 is 2.31 bits per heavy atom. The van der Waals surface area contributed by atoms with Crippen LogP contribution < -0.4 is 11.1 Å². The smallest absolute Gasteiger partial charge is 0.149 e. The molecule has 0 aromatic carbocycles. The molecular formula is C9H16N4. The highest BCUT2D eigenvalue weighted by atomic mass is 15.1. The first-order chi connectivity index (χ1) is 6.20. The lowest BCUT2D eigenvalue weighted by Crippen LogP contribution is -2.21. The quantitative estimate of drug-likeness (QED) is 0.714. The third-order valence-electron chi connectivity index (χ3n) is 1.69. The Kier molecular flexibility index (Phi) is 3.52. The number of aromatic nitrogens is 1. The van der Waals surface area contributed by atoms with Crippen LogP contribution >= 0.6 is 0 Å². The van der Waals surface area contributed by atoms with E-state index in [0.29, 0.717) is 5.69 Å². The molecule has 0 atom stereocenters. The van der Waals surface area contributed by atoms with E-state index in [2.05, 4.69) is 15.2 Å². The van der Waals surface area contributed by atoms with E-state index in [1.807, 2.05) is 26.2 Å². The van der Waals surface area contributed by atoms with Crippen molar-refractivity contribution in [1.82, 2.24) is 9.88 Å². The summed E-state index contributed by atoms with van der Waals surface area (Å²) in [5.41, 5.74) is 6.39. The van der Waals surface area contributed by atoms with Crippen molar-refractivity contribution in [3.8, 4) is 0 Å². The fourth-order valence-corrected chi connectivity index (χ4v) is 0.963. The van der Waals surface area contributed by atoms with Crippen LogP contribution in [0.1, 0.15) is 0 Å². The number of nitrogen functional groups attached to an aromatic ring is 1. The lowest BCUT2D eigenvalue weighted by molar-refractivity contribution is 0.425. The highest BCUT2D eigenvalue weighted by molar-refractivity contribution is 5.60. The van der Waals surface area contributed by atoms with Gasteiger partial charge in [0, 0.05) is 19.3 Å². The summed E-state index contributed by atoms with van der Waals surface area (Å²) in [6.07, 6.45) is 1.73. The summed E-state index contributed by atoms with van der Waals surface area (Å²) in [6, 6.07) is 3.66. The van der Waals surface area contributed by atoms with Gasteiger partial charge in [-0.2, -0.15) is 0 Å². The predicted octanol–water partition coefficient (Wildman–Crippen LogP) is 0.637. The highest BCUT2D eigenvalue weighted by Crippen LogP contribution is 2.11. The largest absolute Gasteiger partial charge is 0.396 e. The van der Waals surface area contributed by atoms with Gasteiger partial charge in [0.25, 0.3) is 0 Å². The van der Waals surface area contributed by atoms with Crippen molar-refractivity contribution in [2.75, 3.05) is 38.2 Å². The van der Waals surface area contributed by atoms with E-state index in [9.17, 15) is 0 Å². The van der Waals surface area contributed by atoms with Gasteiger partial charge in [-0.3, -0.25) is 0 Å². The molecule has 0 saturated heterocycles. The minimum absolute atomic E-state index is 0.696. The second-order valence-electron chi connectivity index (χ2n) is 3.17. The summed E-state index contributed by atoms with van der Waals surface area (Å²) in [5.74, 6) is 0.768. The highest BCUT2D eigenvalue weighted by Gasteiger charge is 1.97. The fraction of sp³-hybridized carbons (Fsp3) is 0.444. The first kappa shape index (κ1) is 9.80. The van der Waals surface area contributed by atoms with Crippen molar-refractivity contribution in [3.05, 3.63) is 18.3 Å². The number of pyridine rings is 1. The van der Waals surface area contributed by atoms with Crippen LogP contribution in [-0.2, 0) is 0 Å². The number of rotatable bonds is 4. The SMILES string of the molecule is CN(C)CCNc1ncccc1N. The maximum atomic E-state index is 5.70. The van der Waals surface area contributed by atoms with Crippen LogP contribution in [0, 0.1) is 0 Å². The zero-order valence-electron chi connectivity index (χ0n) is 8.12. The second kappa shape index (κ2) is 4.67. The Bertz CT molecular complexity index is 260. The van der Waals surface area contributed by atoms with Crippen LogP contribution in [0.4, 0.5) is 11.5 Å². The van der Waals surface area contributed by atoms with Crippen molar-refractivity contribution >= 4 is 11.5 Å². The molecular weight excluding hydrogens is 164 g/mol. The summed E-state index contributed by atoms with van der Waals surface area (Å²) in [5, 5.41) is 3.17. The Morgan fingerprint density at radius 3 is 2.92 bits per heavy atom. The van der Waals surface area contributed by atoms with Gasteiger partial charge in [0.1, 0.15) is 5.82 Å². The Balaban J connectivity index is 2.41. The van der Waals surface area contributed by atoms with Gasteiger partial charge in [0.2, 0.25) is 0 Å². The molecule has 1 aromatic heterocycles. The normalized spacial score (nSPS) is 10.4. The molecule has 1 rings (SSSR count). The molecule has 1 aromatic rings.